The minimum atomic E-state index is -0.688. The largest absolute Gasteiger partial charge is 0.388 e. The van der Waals surface area contributed by atoms with E-state index in [2.05, 4.69) is 34.9 Å². The van der Waals surface area contributed by atoms with Crippen molar-refractivity contribution in [3.63, 3.8) is 0 Å². The van der Waals surface area contributed by atoms with Crippen molar-refractivity contribution in [3.8, 4) is 0 Å². The first-order valence-electron chi connectivity index (χ1n) is 7.22. The van der Waals surface area contributed by atoms with Crippen molar-refractivity contribution in [2.75, 3.05) is 0 Å². The van der Waals surface area contributed by atoms with Gasteiger partial charge in [-0.3, -0.25) is 4.68 Å². The zero-order chi connectivity index (χ0) is 15.4. The highest BCUT2D eigenvalue weighted by atomic mass is 79.9. The summed E-state index contributed by atoms with van der Waals surface area (Å²) in [5, 5.41) is 14.8. The lowest BCUT2D eigenvalue weighted by Crippen LogP contribution is -2.09. The van der Waals surface area contributed by atoms with Crippen LogP contribution in [-0.2, 0) is 6.42 Å². The monoisotopic (exact) mass is 354 g/mol. The molecule has 0 aliphatic carbocycles. The standard InChI is InChI=1S/C16H20BrFN2O/c1-3-13(4-2)20-8-7-12(19-20)10-16(21)11-5-6-15(18)14(17)9-11/h5-9,13,16,21H,3-4,10H2,1-2H3. The molecule has 0 bridgehead atoms. The SMILES string of the molecule is CCC(CC)n1ccc(CC(O)c2ccc(F)c(Br)c2)n1. The lowest BCUT2D eigenvalue weighted by molar-refractivity contribution is 0.176. The molecule has 0 aliphatic heterocycles. The van der Waals surface area contributed by atoms with E-state index in [0.29, 0.717) is 22.5 Å². The van der Waals surface area contributed by atoms with Crippen LogP contribution in [0.3, 0.4) is 0 Å². The molecular weight excluding hydrogens is 335 g/mol. The van der Waals surface area contributed by atoms with Crippen LogP contribution < -0.4 is 0 Å². The lowest BCUT2D eigenvalue weighted by atomic mass is 10.1. The van der Waals surface area contributed by atoms with E-state index in [9.17, 15) is 9.50 Å². The smallest absolute Gasteiger partial charge is 0.137 e. The molecule has 0 aliphatic rings. The zero-order valence-corrected chi connectivity index (χ0v) is 13.8. The van der Waals surface area contributed by atoms with E-state index in [0.717, 1.165) is 18.5 Å². The predicted octanol–water partition coefficient (Wildman–Crippen LogP) is 4.42. The number of aliphatic hydroxyl groups is 1. The molecule has 1 aromatic heterocycles. The van der Waals surface area contributed by atoms with E-state index < -0.39 is 6.10 Å². The van der Waals surface area contributed by atoms with Crippen molar-refractivity contribution in [1.29, 1.82) is 0 Å². The molecule has 0 amide bonds. The van der Waals surface area contributed by atoms with Crippen LogP contribution in [0.5, 0.6) is 0 Å². The van der Waals surface area contributed by atoms with Gasteiger partial charge in [-0.05, 0) is 52.5 Å². The minimum absolute atomic E-state index is 0.330. The maximum absolute atomic E-state index is 13.2. The summed E-state index contributed by atoms with van der Waals surface area (Å²) in [7, 11) is 0. The van der Waals surface area contributed by atoms with E-state index in [1.807, 2.05) is 16.9 Å². The van der Waals surface area contributed by atoms with Gasteiger partial charge in [0.1, 0.15) is 5.82 Å². The molecule has 1 unspecified atom stereocenters. The summed E-state index contributed by atoms with van der Waals surface area (Å²) in [6.07, 6.45) is 3.76. The maximum atomic E-state index is 13.2. The Morgan fingerprint density at radius 2 is 2.00 bits per heavy atom. The van der Waals surface area contributed by atoms with E-state index in [4.69, 9.17) is 0 Å². The van der Waals surface area contributed by atoms with Crippen molar-refractivity contribution in [1.82, 2.24) is 9.78 Å². The quantitative estimate of drug-likeness (QED) is 0.833. The fourth-order valence-electron chi connectivity index (χ4n) is 2.39. The van der Waals surface area contributed by atoms with Gasteiger partial charge in [-0.1, -0.05) is 19.9 Å². The molecule has 114 valence electrons. The summed E-state index contributed by atoms with van der Waals surface area (Å²) in [6.45, 7) is 4.28. The molecule has 0 fully saturated rings. The fourth-order valence-corrected chi connectivity index (χ4v) is 2.78. The van der Waals surface area contributed by atoms with Crippen LogP contribution in [0, 0.1) is 5.82 Å². The van der Waals surface area contributed by atoms with Gasteiger partial charge >= 0.3 is 0 Å². The van der Waals surface area contributed by atoms with Gasteiger partial charge in [-0.25, -0.2) is 4.39 Å². The highest BCUT2D eigenvalue weighted by Crippen LogP contribution is 2.24. The average Bonchev–Trinajstić information content (AvgIpc) is 2.91. The van der Waals surface area contributed by atoms with Crippen LogP contribution in [0.15, 0.2) is 34.9 Å². The lowest BCUT2D eigenvalue weighted by Gasteiger charge is -2.13. The van der Waals surface area contributed by atoms with Crippen molar-refractivity contribution in [2.45, 2.75) is 45.3 Å². The fraction of sp³-hybridized carbons (Fsp3) is 0.438. The van der Waals surface area contributed by atoms with Gasteiger partial charge in [0.2, 0.25) is 0 Å². The van der Waals surface area contributed by atoms with Gasteiger partial charge in [0, 0.05) is 12.6 Å². The van der Waals surface area contributed by atoms with Gasteiger partial charge in [0.25, 0.3) is 0 Å². The second-order valence-corrected chi connectivity index (χ2v) is 6.01. The summed E-state index contributed by atoms with van der Waals surface area (Å²) in [4.78, 5) is 0. The molecule has 0 saturated carbocycles. The van der Waals surface area contributed by atoms with E-state index in [-0.39, 0.29) is 5.82 Å². The van der Waals surface area contributed by atoms with Gasteiger partial charge in [0.15, 0.2) is 0 Å². The van der Waals surface area contributed by atoms with Crippen LogP contribution in [0.25, 0.3) is 0 Å². The van der Waals surface area contributed by atoms with Crippen LogP contribution in [0.2, 0.25) is 0 Å². The summed E-state index contributed by atoms with van der Waals surface area (Å²) >= 11 is 3.14. The number of hydrogen-bond donors (Lipinski definition) is 1. The Labute approximate surface area is 132 Å². The summed E-state index contributed by atoms with van der Waals surface area (Å²) in [5.74, 6) is -0.330. The summed E-state index contributed by atoms with van der Waals surface area (Å²) in [6, 6.07) is 6.89. The molecule has 2 aromatic rings. The number of benzene rings is 1. The third-order valence-electron chi connectivity index (χ3n) is 3.71. The number of aromatic nitrogens is 2. The van der Waals surface area contributed by atoms with Crippen LogP contribution in [0.4, 0.5) is 4.39 Å². The molecule has 0 radical (unpaired) electrons. The number of hydrogen-bond acceptors (Lipinski definition) is 2. The first-order chi connectivity index (χ1) is 10.0. The Balaban J connectivity index is 2.08. The van der Waals surface area contributed by atoms with Crippen LogP contribution in [-0.4, -0.2) is 14.9 Å². The van der Waals surface area contributed by atoms with Crippen molar-refractivity contribution in [2.24, 2.45) is 0 Å². The number of halogens is 2. The summed E-state index contributed by atoms with van der Waals surface area (Å²) in [5.41, 5.74) is 1.52. The number of aliphatic hydroxyl groups excluding tert-OH is 1. The Morgan fingerprint density at radius 3 is 2.62 bits per heavy atom. The Morgan fingerprint density at radius 1 is 1.29 bits per heavy atom. The first kappa shape index (κ1) is 16.2. The van der Waals surface area contributed by atoms with Gasteiger partial charge in [-0.15, -0.1) is 0 Å². The number of rotatable bonds is 6. The van der Waals surface area contributed by atoms with Crippen molar-refractivity contribution >= 4 is 15.9 Å². The maximum Gasteiger partial charge on any atom is 0.137 e. The molecule has 5 heteroatoms. The average molecular weight is 355 g/mol. The molecule has 0 saturated heterocycles. The molecule has 3 nitrogen and oxygen atoms in total. The molecule has 2 rings (SSSR count). The zero-order valence-electron chi connectivity index (χ0n) is 12.3. The Hall–Kier alpha value is -1.20. The second-order valence-electron chi connectivity index (χ2n) is 5.15. The van der Waals surface area contributed by atoms with Gasteiger partial charge in [-0.2, -0.15) is 5.10 Å². The second kappa shape index (κ2) is 7.18. The predicted molar refractivity (Wildman–Crippen MR) is 84.6 cm³/mol. The van der Waals surface area contributed by atoms with E-state index in [1.165, 1.54) is 6.07 Å². The van der Waals surface area contributed by atoms with Crippen molar-refractivity contribution in [3.05, 3.63) is 52.0 Å². The first-order valence-corrected chi connectivity index (χ1v) is 8.01. The molecule has 21 heavy (non-hydrogen) atoms. The summed E-state index contributed by atoms with van der Waals surface area (Å²) < 4.78 is 15.5. The van der Waals surface area contributed by atoms with Gasteiger partial charge in [0.05, 0.1) is 22.3 Å². The van der Waals surface area contributed by atoms with E-state index >= 15 is 0 Å². The third kappa shape index (κ3) is 3.92. The highest BCUT2D eigenvalue weighted by Gasteiger charge is 2.14. The normalized spacial score (nSPS) is 12.9. The minimum Gasteiger partial charge on any atom is -0.388 e. The molecule has 1 aromatic carbocycles. The topological polar surface area (TPSA) is 38.0 Å². The van der Waals surface area contributed by atoms with Crippen molar-refractivity contribution < 1.29 is 9.50 Å². The number of nitrogens with zero attached hydrogens (tertiary/aromatic N) is 2. The molecule has 1 heterocycles. The third-order valence-corrected chi connectivity index (χ3v) is 4.32. The van der Waals surface area contributed by atoms with Crippen LogP contribution >= 0.6 is 15.9 Å². The van der Waals surface area contributed by atoms with Crippen LogP contribution in [0.1, 0.15) is 50.1 Å². The molecule has 0 spiro atoms. The highest BCUT2D eigenvalue weighted by molar-refractivity contribution is 9.10. The van der Waals surface area contributed by atoms with E-state index in [1.54, 1.807) is 12.1 Å². The molecule has 1 atom stereocenters. The molecule has 1 N–H and O–H groups in total. The molecular formula is C16H20BrFN2O. The Bertz CT molecular complexity index is 596. The van der Waals surface area contributed by atoms with Gasteiger partial charge < -0.3 is 5.11 Å². The Kier molecular flexibility index (Phi) is 5.53.